The molecule has 1 aliphatic heterocycles. The minimum absolute atomic E-state index is 0.115. The lowest BCUT2D eigenvalue weighted by molar-refractivity contribution is 0.00213. The summed E-state index contributed by atoms with van der Waals surface area (Å²) in [6.07, 6.45) is 0.625. The van der Waals surface area contributed by atoms with Crippen LogP contribution in [0.1, 0.15) is 46.5 Å². The molecule has 1 atom stereocenters. The average molecular weight is 347 g/mol. The van der Waals surface area contributed by atoms with Crippen LogP contribution >= 0.6 is 0 Å². The molecule has 0 bridgehead atoms. The van der Waals surface area contributed by atoms with Crippen molar-refractivity contribution in [3.05, 3.63) is 82.6 Å². The van der Waals surface area contributed by atoms with Crippen LogP contribution in [0.4, 0.5) is 0 Å². The molecule has 0 saturated carbocycles. The first kappa shape index (κ1) is 16.7. The molecule has 4 nitrogen and oxygen atoms in total. The van der Waals surface area contributed by atoms with Gasteiger partial charge in [-0.3, -0.25) is 9.59 Å². The Kier molecular flexibility index (Phi) is 4.00. The van der Waals surface area contributed by atoms with E-state index >= 15 is 0 Å². The van der Waals surface area contributed by atoms with E-state index in [2.05, 4.69) is 5.32 Å². The van der Waals surface area contributed by atoms with Crippen molar-refractivity contribution in [3.63, 3.8) is 0 Å². The van der Waals surface area contributed by atoms with Gasteiger partial charge in [-0.25, -0.2) is 0 Å². The quantitative estimate of drug-likeness (QED) is 0.920. The number of hydrogen-bond acceptors (Lipinski definition) is 4. The van der Waals surface area contributed by atoms with Crippen LogP contribution in [-0.2, 0) is 11.3 Å². The predicted molar refractivity (Wildman–Crippen MR) is 99.0 cm³/mol. The molecule has 4 rings (SSSR count). The minimum atomic E-state index is -0.518. The summed E-state index contributed by atoms with van der Waals surface area (Å²) in [4.78, 5) is 26.0. The van der Waals surface area contributed by atoms with E-state index in [0.29, 0.717) is 29.7 Å². The average Bonchev–Trinajstić information content (AvgIpc) is 2.64. The first-order valence-electron chi connectivity index (χ1n) is 8.85. The maximum Gasteiger partial charge on any atom is 0.228 e. The zero-order valence-corrected chi connectivity index (χ0v) is 14.9. The molecule has 132 valence electrons. The summed E-state index contributed by atoms with van der Waals surface area (Å²) in [6.45, 7) is 4.53. The number of ether oxygens (including phenoxy) is 1. The van der Waals surface area contributed by atoms with Crippen molar-refractivity contribution in [3.8, 4) is 0 Å². The Balaban J connectivity index is 1.71. The second-order valence-corrected chi connectivity index (χ2v) is 7.43. The molecular formula is C22H21NO3. The smallest absolute Gasteiger partial charge is 0.228 e. The first-order valence-corrected chi connectivity index (χ1v) is 8.85. The number of carbonyl (C=O) groups is 2. The summed E-state index contributed by atoms with van der Waals surface area (Å²) in [7, 11) is 0. The van der Waals surface area contributed by atoms with E-state index in [-0.39, 0.29) is 23.4 Å². The van der Waals surface area contributed by atoms with Gasteiger partial charge in [-0.15, -0.1) is 0 Å². The van der Waals surface area contributed by atoms with Crippen LogP contribution in [0, 0.1) is 0 Å². The Morgan fingerprint density at radius 2 is 1.58 bits per heavy atom. The van der Waals surface area contributed by atoms with Crippen LogP contribution in [-0.4, -0.2) is 23.2 Å². The van der Waals surface area contributed by atoms with Crippen LogP contribution in [0.25, 0.3) is 0 Å². The number of rotatable bonds is 3. The maximum atomic E-state index is 13.1. The minimum Gasteiger partial charge on any atom is -0.483 e. The molecular weight excluding hydrogens is 326 g/mol. The molecule has 0 amide bonds. The zero-order chi connectivity index (χ0) is 18.3. The van der Waals surface area contributed by atoms with E-state index in [1.807, 2.05) is 44.2 Å². The monoisotopic (exact) mass is 347 g/mol. The number of carbonyl (C=O) groups excluding carboxylic acids is 2. The predicted octanol–water partition coefficient (Wildman–Crippen LogP) is 3.68. The van der Waals surface area contributed by atoms with Gasteiger partial charge in [0.05, 0.1) is 5.57 Å². The standard InChI is InChI=1S/C22H21NO3/c1-22(2)12-17(23-13-14-8-4-3-5-9-14)18-19(24)15-10-6-7-11-16(15)20(25)21(18)26-22/h3-11,17,23H,12-13H2,1-2H3. The summed E-state index contributed by atoms with van der Waals surface area (Å²) in [5.74, 6) is -0.110. The Labute approximate surface area is 152 Å². The molecule has 1 aliphatic carbocycles. The fraction of sp³-hybridized carbons (Fsp3) is 0.273. The van der Waals surface area contributed by atoms with Gasteiger partial charge >= 0.3 is 0 Å². The highest BCUT2D eigenvalue weighted by Gasteiger charge is 2.44. The largest absolute Gasteiger partial charge is 0.483 e. The van der Waals surface area contributed by atoms with E-state index in [9.17, 15) is 9.59 Å². The van der Waals surface area contributed by atoms with Crippen LogP contribution in [0.15, 0.2) is 65.9 Å². The topological polar surface area (TPSA) is 55.4 Å². The van der Waals surface area contributed by atoms with Gasteiger partial charge in [-0.05, 0) is 19.4 Å². The second-order valence-electron chi connectivity index (χ2n) is 7.43. The molecule has 2 aromatic carbocycles. The Hall–Kier alpha value is -2.72. The Morgan fingerprint density at radius 3 is 2.27 bits per heavy atom. The van der Waals surface area contributed by atoms with E-state index in [1.54, 1.807) is 24.3 Å². The molecule has 1 unspecified atom stereocenters. The molecule has 2 aromatic rings. The number of fused-ring (bicyclic) bond motifs is 1. The normalized spacial score (nSPS) is 21.1. The molecule has 2 aliphatic rings. The molecule has 0 fully saturated rings. The molecule has 1 heterocycles. The highest BCUT2D eigenvalue weighted by molar-refractivity contribution is 6.26. The third-order valence-electron chi connectivity index (χ3n) is 4.93. The van der Waals surface area contributed by atoms with Crippen molar-refractivity contribution in [2.24, 2.45) is 0 Å². The van der Waals surface area contributed by atoms with Crippen LogP contribution < -0.4 is 5.32 Å². The molecule has 0 spiro atoms. The van der Waals surface area contributed by atoms with Crippen molar-refractivity contribution in [2.75, 3.05) is 0 Å². The molecule has 4 heteroatoms. The molecule has 26 heavy (non-hydrogen) atoms. The SMILES string of the molecule is CC1(C)CC(NCc2ccccc2)C2=C(O1)C(=O)c1ccccc1C2=O. The van der Waals surface area contributed by atoms with Gasteiger partial charge in [0.2, 0.25) is 5.78 Å². The van der Waals surface area contributed by atoms with Gasteiger partial charge < -0.3 is 10.1 Å². The van der Waals surface area contributed by atoms with Gasteiger partial charge in [0, 0.05) is 30.1 Å². The lowest BCUT2D eigenvalue weighted by Crippen LogP contribution is -2.48. The lowest BCUT2D eigenvalue weighted by Gasteiger charge is -2.40. The fourth-order valence-corrected chi connectivity index (χ4v) is 3.71. The van der Waals surface area contributed by atoms with Crippen LogP contribution in [0.2, 0.25) is 0 Å². The fourth-order valence-electron chi connectivity index (χ4n) is 3.71. The van der Waals surface area contributed by atoms with Gasteiger partial charge in [0.15, 0.2) is 11.5 Å². The number of hydrogen-bond donors (Lipinski definition) is 1. The third-order valence-corrected chi connectivity index (χ3v) is 4.93. The number of nitrogens with one attached hydrogen (secondary N) is 1. The zero-order valence-electron chi connectivity index (χ0n) is 14.9. The van der Waals surface area contributed by atoms with E-state index in [1.165, 1.54) is 0 Å². The number of ketones is 2. The van der Waals surface area contributed by atoms with Crippen LogP contribution in [0.5, 0.6) is 0 Å². The van der Waals surface area contributed by atoms with Crippen molar-refractivity contribution in [2.45, 2.75) is 38.5 Å². The second kappa shape index (κ2) is 6.22. The molecule has 0 saturated heterocycles. The van der Waals surface area contributed by atoms with Gasteiger partial charge in [-0.1, -0.05) is 54.6 Å². The van der Waals surface area contributed by atoms with Crippen molar-refractivity contribution in [1.82, 2.24) is 5.32 Å². The highest BCUT2D eigenvalue weighted by atomic mass is 16.5. The molecule has 0 aromatic heterocycles. The summed E-state index contributed by atoms with van der Waals surface area (Å²) in [6, 6.07) is 16.8. The van der Waals surface area contributed by atoms with E-state index < -0.39 is 5.60 Å². The Bertz CT molecular complexity index is 912. The van der Waals surface area contributed by atoms with E-state index in [4.69, 9.17) is 4.74 Å². The summed E-state index contributed by atoms with van der Waals surface area (Å²) in [5.41, 5.74) is 1.97. The molecule has 0 radical (unpaired) electrons. The number of benzene rings is 2. The summed E-state index contributed by atoms with van der Waals surface area (Å²) >= 11 is 0. The molecule has 1 N–H and O–H groups in total. The van der Waals surface area contributed by atoms with Crippen molar-refractivity contribution in [1.29, 1.82) is 0 Å². The van der Waals surface area contributed by atoms with Gasteiger partial charge in [0.25, 0.3) is 0 Å². The number of Topliss-reactive ketones (excluding diaryl/α,β-unsaturated/α-hetero) is 2. The van der Waals surface area contributed by atoms with Crippen molar-refractivity contribution >= 4 is 11.6 Å². The van der Waals surface area contributed by atoms with Gasteiger partial charge in [0.1, 0.15) is 5.60 Å². The lowest BCUT2D eigenvalue weighted by atomic mass is 9.79. The highest BCUT2D eigenvalue weighted by Crippen LogP contribution is 2.38. The summed E-state index contributed by atoms with van der Waals surface area (Å²) in [5, 5.41) is 3.46. The number of allylic oxidation sites excluding steroid dienone is 1. The Morgan fingerprint density at radius 1 is 0.962 bits per heavy atom. The first-order chi connectivity index (χ1) is 12.5. The van der Waals surface area contributed by atoms with Crippen molar-refractivity contribution < 1.29 is 14.3 Å². The summed E-state index contributed by atoms with van der Waals surface area (Å²) < 4.78 is 5.97. The van der Waals surface area contributed by atoms with E-state index in [0.717, 1.165) is 5.56 Å². The van der Waals surface area contributed by atoms with Crippen LogP contribution in [0.3, 0.4) is 0 Å². The maximum absolute atomic E-state index is 13.1. The third kappa shape index (κ3) is 2.86. The van der Waals surface area contributed by atoms with Gasteiger partial charge in [-0.2, -0.15) is 0 Å².